The summed E-state index contributed by atoms with van der Waals surface area (Å²) in [6.45, 7) is 0.636. The van der Waals surface area contributed by atoms with Gasteiger partial charge in [0.15, 0.2) is 6.10 Å². The molecular formula is C5H7F4NO2. The van der Waals surface area contributed by atoms with Crippen LogP contribution in [0.25, 0.3) is 0 Å². The highest BCUT2D eigenvalue weighted by atomic mass is 19.3. The standard InChI is InChI=1S/C5H7F4NO2/c1-2(12-4(10)11)5(8,9)3(6)7/h2-3H,1H3,(H2,10,11)/t2-/m1/s1. The molecule has 0 bridgehead atoms. The number of amides is 1. The molecule has 12 heavy (non-hydrogen) atoms. The highest BCUT2D eigenvalue weighted by Gasteiger charge is 2.48. The molecule has 1 atom stereocenters. The quantitative estimate of drug-likeness (QED) is 0.681. The lowest BCUT2D eigenvalue weighted by Crippen LogP contribution is -2.42. The molecule has 2 N–H and O–H groups in total. The third kappa shape index (κ3) is 2.55. The first kappa shape index (κ1) is 11.0. The molecule has 3 nitrogen and oxygen atoms in total. The van der Waals surface area contributed by atoms with Gasteiger partial charge in [-0.2, -0.15) is 8.78 Å². The van der Waals surface area contributed by atoms with Gasteiger partial charge in [-0.15, -0.1) is 0 Å². The first-order valence-electron chi connectivity index (χ1n) is 2.90. The Balaban J connectivity index is 4.24. The van der Waals surface area contributed by atoms with Crippen molar-refractivity contribution in [2.75, 3.05) is 0 Å². The molecule has 0 fully saturated rings. The lowest BCUT2D eigenvalue weighted by molar-refractivity contribution is -0.185. The van der Waals surface area contributed by atoms with Crippen LogP contribution in [0.3, 0.4) is 0 Å². The second-order valence-corrected chi connectivity index (χ2v) is 2.05. The van der Waals surface area contributed by atoms with Crippen molar-refractivity contribution in [3.63, 3.8) is 0 Å². The first-order chi connectivity index (χ1) is 5.28. The van der Waals surface area contributed by atoms with Crippen molar-refractivity contribution < 1.29 is 27.1 Å². The Morgan fingerprint density at radius 3 is 2.17 bits per heavy atom. The Morgan fingerprint density at radius 1 is 1.50 bits per heavy atom. The molecule has 7 heteroatoms. The zero-order valence-electron chi connectivity index (χ0n) is 6.06. The Kier molecular flexibility index (Phi) is 3.29. The molecule has 0 spiro atoms. The van der Waals surface area contributed by atoms with Crippen LogP contribution in [0, 0.1) is 0 Å². The van der Waals surface area contributed by atoms with Gasteiger partial charge in [0.1, 0.15) is 0 Å². The molecule has 0 saturated carbocycles. The second-order valence-electron chi connectivity index (χ2n) is 2.05. The third-order valence-electron chi connectivity index (χ3n) is 1.13. The Labute approximate surface area is 65.5 Å². The van der Waals surface area contributed by atoms with E-state index in [0.29, 0.717) is 6.92 Å². The zero-order valence-corrected chi connectivity index (χ0v) is 6.06. The van der Waals surface area contributed by atoms with Gasteiger partial charge in [0.2, 0.25) is 0 Å². The average Bonchev–Trinajstić information content (AvgIpc) is 1.85. The number of primary amides is 1. The topological polar surface area (TPSA) is 52.3 Å². The third-order valence-corrected chi connectivity index (χ3v) is 1.13. The average molecular weight is 189 g/mol. The van der Waals surface area contributed by atoms with Crippen molar-refractivity contribution >= 4 is 6.09 Å². The summed E-state index contributed by atoms with van der Waals surface area (Å²) < 4.78 is 51.2. The van der Waals surface area contributed by atoms with Crippen LogP contribution in [0.4, 0.5) is 22.4 Å². The predicted molar refractivity (Wildman–Crippen MR) is 31.1 cm³/mol. The monoisotopic (exact) mass is 189 g/mol. The maximum Gasteiger partial charge on any atom is 0.404 e. The van der Waals surface area contributed by atoms with E-state index in [1.54, 1.807) is 0 Å². The Hall–Kier alpha value is -1.01. The second kappa shape index (κ2) is 3.59. The van der Waals surface area contributed by atoms with E-state index >= 15 is 0 Å². The summed E-state index contributed by atoms with van der Waals surface area (Å²) in [5.74, 6) is -4.37. The molecule has 0 aliphatic heterocycles. The van der Waals surface area contributed by atoms with Gasteiger partial charge < -0.3 is 10.5 Å². The van der Waals surface area contributed by atoms with E-state index < -0.39 is 24.5 Å². The van der Waals surface area contributed by atoms with Crippen LogP contribution in [-0.2, 0) is 4.74 Å². The summed E-state index contributed by atoms with van der Waals surface area (Å²) in [4.78, 5) is 9.90. The summed E-state index contributed by atoms with van der Waals surface area (Å²) in [5, 5.41) is 0. The van der Waals surface area contributed by atoms with Crippen LogP contribution in [0.2, 0.25) is 0 Å². The van der Waals surface area contributed by atoms with Gasteiger partial charge in [-0.3, -0.25) is 0 Å². The minimum Gasteiger partial charge on any atom is -0.440 e. The van der Waals surface area contributed by atoms with Crippen LogP contribution >= 0.6 is 0 Å². The molecule has 0 rings (SSSR count). The number of carbonyl (C=O) groups is 1. The maximum atomic E-state index is 12.2. The molecule has 0 aliphatic rings. The normalized spacial score (nSPS) is 14.5. The van der Waals surface area contributed by atoms with Gasteiger partial charge in [0, 0.05) is 0 Å². The molecular weight excluding hydrogens is 182 g/mol. The molecule has 0 aromatic heterocycles. The number of alkyl halides is 4. The van der Waals surface area contributed by atoms with E-state index in [-0.39, 0.29) is 0 Å². The van der Waals surface area contributed by atoms with Crippen LogP contribution in [0.5, 0.6) is 0 Å². The van der Waals surface area contributed by atoms with Crippen molar-refractivity contribution in [1.29, 1.82) is 0 Å². The lowest BCUT2D eigenvalue weighted by atomic mass is 10.2. The zero-order chi connectivity index (χ0) is 9.94. The van der Waals surface area contributed by atoms with Crippen LogP contribution in [0.15, 0.2) is 0 Å². The molecule has 0 radical (unpaired) electrons. The summed E-state index contributed by atoms with van der Waals surface area (Å²) >= 11 is 0. The number of hydrogen-bond donors (Lipinski definition) is 1. The van der Waals surface area contributed by atoms with E-state index in [1.807, 2.05) is 0 Å². The SMILES string of the molecule is C[C@@H](OC(N)=O)C(F)(F)C(F)F. The molecule has 0 saturated heterocycles. The number of ether oxygens (including phenoxy) is 1. The van der Waals surface area contributed by atoms with E-state index in [2.05, 4.69) is 10.5 Å². The van der Waals surface area contributed by atoms with Crippen molar-refractivity contribution in [1.82, 2.24) is 0 Å². The number of nitrogens with two attached hydrogens (primary N) is 1. The summed E-state index contributed by atoms with van der Waals surface area (Å²) in [7, 11) is 0. The number of rotatable bonds is 3. The highest BCUT2D eigenvalue weighted by Crippen LogP contribution is 2.28. The van der Waals surface area contributed by atoms with Gasteiger partial charge in [-0.05, 0) is 6.92 Å². The van der Waals surface area contributed by atoms with Crippen molar-refractivity contribution in [2.45, 2.75) is 25.4 Å². The molecule has 72 valence electrons. The van der Waals surface area contributed by atoms with Crippen LogP contribution < -0.4 is 5.73 Å². The molecule has 0 aromatic rings. The van der Waals surface area contributed by atoms with Crippen molar-refractivity contribution in [3.8, 4) is 0 Å². The van der Waals surface area contributed by atoms with Crippen molar-refractivity contribution in [2.24, 2.45) is 5.73 Å². The fourth-order valence-electron chi connectivity index (χ4n) is 0.430. The van der Waals surface area contributed by atoms with Gasteiger partial charge in [0.25, 0.3) is 0 Å². The van der Waals surface area contributed by atoms with E-state index in [9.17, 15) is 22.4 Å². The minimum absolute atomic E-state index is 0.636. The Bertz CT molecular complexity index is 173. The smallest absolute Gasteiger partial charge is 0.404 e. The first-order valence-corrected chi connectivity index (χ1v) is 2.90. The van der Waals surface area contributed by atoms with Gasteiger partial charge in [-0.1, -0.05) is 0 Å². The summed E-state index contributed by atoms with van der Waals surface area (Å²) in [5.41, 5.74) is 4.35. The van der Waals surface area contributed by atoms with Gasteiger partial charge in [-0.25, -0.2) is 13.6 Å². The number of halogens is 4. The molecule has 0 aromatic carbocycles. The highest BCUT2D eigenvalue weighted by molar-refractivity contribution is 5.64. The van der Waals surface area contributed by atoms with E-state index in [4.69, 9.17) is 0 Å². The minimum atomic E-state index is -4.37. The molecule has 0 unspecified atom stereocenters. The van der Waals surface area contributed by atoms with Gasteiger partial charge in [0.05, 0.1) is 0 Å². The number of hydrogen-bond acceptors (Lipinski definition) is 2. The van der Waals surface area contributed by atoms with E-state index in [0.717, 1.165) is 0 Å². The fourth-order valence-corrected chi connectivity index (χ4v) is 0.430. The predicted octanol–water partition coefficient (Wildman–Crippen LogP) is 1.37. The Morgan fingerprint density at radius 2 is 1.92 bits per heavy atom. The largest absolute Gasteiger partial charge is 0.440 e. The fraction of sp³-hybridized carbons (Fsp3) is 0.800. The van der Waals surface area contributed by atoms with Crippen LogP contribution in [-0.4, -0.2) is 24.5 Å². The summed E-state index contributed by atoms with van der Waals surface area (Å²) in [6, 6.07) is 0. The van der Waals surface area contributed by atoms with Crippen LogP contribution in [0.1, 0.15) is 6.92 Å². The maximum absolute atomic E-state index is 12.2. The lowest BCUT2D eigenvalue weighted by Gasteiger charge is -2.21. The molecule has 0 aliphatic carbocycles. The van der Waals surface area contributed by atoms with Crippen molar-refractivity contribution in [3.05, 3.63) is 0 Å². The van der Waals surface area contributed by atoms with Gasteiger partial charge >= 0.3 is 18.4 Å². The molecule has 1 amide bonds. The molecule has 0 heterocycles. The number of carbonyl (C=O) groups excluding carboxylic acids is 1. The summed E-state index contributed by atoms with van der Waals surface area (Å²) in [6.07, 6.45) is -7.62. The van der Waals surface area contributed by atoms with E-state index in [1.165, 1.54) is 0 Å².